The second-order valence-corrected chi connectivity index (χ2v) is 12.4. The number of aromatic hydroxyl groups is 1. The maximum atomic E-state index is 12.3. The molecule has 0 amide bonds. The van der Waals surface area contributed by atoms with Crippen LogP contribution in [0.25, 0.3) is 21.5 Å². The number of rotatable bonds is 6. The standard InChI is InChI=1S/C26H17Cl2N5O7S2.2Na/c27-15-8-9-17(28)19(12-15)31-32-24-20(41(35,36)37)10-14-11-21(42(38,39)40)25(26(34)22(14)23(24)29)33-30-18-7-3-5-13-4-1-2-6-16(13)18;;/h1-12,34H,29H2,(H,35,36,37)(H,38,39,40);;. The average molecular weight is 692 g/mol. The fraction of sp³-hybridized carbons (Fsp3) is 0. The van der Waals surface area contributed by atoms with Crippen molar-refractivity contribution in [3.05, 3.63) is 82.8 Å². The minimum atomic E-state index is -5.06. The van der Waals surface area contributed by atoms with Gasteiger partial charge in [0.1, 0.15) is 26.9 Å². The number of nitrogen functional groups attached to an aromatic ring is 1. The van der Waals surface area contributed by atoms with Crippen molar-refractivity contribution in [2.45, 2.75) is 9.79 Å². The van der Waals surface area contributed by atoms with Crippen LogP contribution in [0.3, 0.4) is 0 Å². The van der Waals surface area contributed by atoms with E-state index in [2.05, 4.69) is 20.5 Å². The number of fused-ring (bicyclic) bond motifs is 2. The molecular formula is C26H17Cl2N5Na2O7S2. The second-order valence-electron chi connectivity index (χ2n) is 8.75. The van der Waals surface area contributed by atoms with Crippen LogP contribution in [0.5, 0.6) is 5.75 Å². The van der Waals surface area contributed by atoms with E-state index < -0.39 is 52.8 Å². The van der Waals surface area contributed by atoms with Crippen LogP contribution < -0.4 is 5.73 Å². The predicted octanol–water partition coefficient (Wildman–Crippen LogP) is 7.15. The Morgan fingerprint density at radius 3 is 1.89 bits per heavy atom. The molecule has 0 atom stereocenters. The zero-order valence-corrected chi connectivity index (χ0v) is 30.0. The summed E-state index contributed by atoms with van der Waals surface area (Å²) >= 11 is 12.1. The van der Waals surface area contributed by atoms with Crippen molar-refractivity contribution in [2.24, 2.45) is 20.5 Å². The van der Waals surface area contributed by atoms with E-state index in [0.29, 0.717) is 11.1 Å². The van der Waals surface area contributed by atoms with Crippen molar-refractivity contribution < 1.29 is 31.0 Å². The number of benzene rings is 5. The minimum Gasteiger partial charge on any atom is -0.505 e. The molecule has 0 unspecified atom stereocenters. The zero-order valence-electron chi connectivity index (χ0n) is 22.8. The Balaban J connectivity index is 0.00000264. The molecule has 2 radical (unpaired) electrons. The van der Waals surface area contributed by atoms with E-state index in [1.165, 1.54) is 18.2 Å². The van der Waals surface area contributed by atoms with Crippen LogP contribution in [0.4, 0.5) is 28.4 Å². The molecule has 5 aromatic carbocycles. The molecular weight excluding hydrogens is 675 g/mol. The van der Waals surface area contributed by atoms with Crippen molar-refractivity contribution in [2.75, 3.05) is 5.73 Å². The van der Waals surface area contributed by atoms with Gasteiger partial charge >= 0.3 is 0 Å². The van der Waals surface area contributed by atoms with Crippen LogP contribution in [-0.4, -0.2) is 90.2 Å². The zero-order chi connectivity index (χ0) is 30.4. The van der Waals surface area contributed by atoms with Crippen molar-refractivity contribution in [3.63, 3.8) is 0 Å². The molecule has 5 aromatic rings. The Kier molecular flexibility index (Phi) is 11.6. The summed E-state index contributed by atoms with van der Waals surface area (Å²) in [5.41, 5.74) is 4.75. The normalized spacial score (nSPS) is 12.1. The molecule has 0 heterocycles. The molecule has 0 aromatic heterocycles. The molecule has 0 fully saturated rings. The Bertz CT molecular complexity index is 2210. The first-order chi connectivity index (χ1) is 19.8. The molecule has 12 nitrogen and oxygen atoms in total. The third-order valence-corrected chi connectivity index (χ3v) is 8.35. The molecule has 216 valence electrons. The summed E-state index contributed by atoms with van der Waals surface area (Å²) in [6.45, 7) is 0. The van der Waals surface area contributed by atoms with Gasteiger partial charge in [0.15, 0.2) is 5.75 Å². The molecule has 5 rings (SSSR count). The Morgan fingerprint density at radius 1 is 0.659 bits per heavy atom. The fourth-order valence-corrected chi connectivity index (χ4v) is 5.82. The largest absolute Gasteiger partial charge is 0.505 e. The smallest absolute Gasteiger partial charge is 0.296 e. The molecule has 0 bridgehead atoms. The van der Waals surface area contributed by atoms with Gasteiger partial charge < -0.3 is 10.8 Å². The molecule has 44 heavy (non-hydrogen) atoms. The predicted molar refractivity (Wildman–Crippen MR) is 170 cm³/mol. The number of phenolic OH excluding ortho intramolecular Hbond substituents is 1. The minimum absolute atomic E-state index is 0. The van der Waals surface area contributed by atoms with Crippen LogP contribution in [0, 0.1) is 0 Å². The summed E-state index contributed by atoms with van der Waals surface area (Å²) in [6.07, 6.45) is 0. The molecule has 0 spiro atoms. The summed E-state index contributed by atoms with van der Waals surface area (Å²) < 4.78 is 69.0. The SMILES string of the molecule is Nc1c(N=Nc2cc(Cl)ccc2Cl)c(S(=O)(=O)O)cc2cc(S(=O)(=O)O)c(N=Nc3cccc4ccccc34)c(O)c12.[Na].[Na]. The van der Waals surface area contributed by atoms with Gasteiger partial charge in [-0.05, 0) is 47.2 Å². The van der Waals surface area contributed by atoms with E-state index in [1.54, 1.807) is 24.3 Å². The third kappa shape index (κ3) is 7.44. The van der Waals surface area contributed by atoms with Crippen molar-refractivity contribution in [1.29, 1.82) is 0 Å². The monoisotopic (exact) mass is 691 g/mol. The van der Waals surface area contributed by atoms with Gasteiger partial charge in [-0.25, -0.2) is 0 Å². The average Bonchev–Trinajstić information content (AvgIpc) is 2.92. The van der Waals surface area contributed by atoms with Crippen molar-refractivity contribution in [1.82, 2.24) is 0 Å². The van der Waals surface area contributed by atoms with Gasteiger partial charge in [0, 0.05) is 69.5 Å². The molecule has 18 heteroatoms. The molecule has 0 saturated heterocycles. The Labute approximate surface area is 305 Å². The molecule has 0 aliphatic rings. The van der Waals surface area contributed by atoms with E-state index in [1.807, 2.05) is 18.2 Å². The number of phenols is 1. The van der Waals surface area contributed by atoms with Gasteiger partial charge in [0.2, 0.25) is 0 Å². The second kappa shape index (κ2) is 14.1. The van der Waals surface area contributed by atoms with Crippen LogP contribution in [-0.2, 0) is 20.2 Å². The van der Waals surface area contributed by atoms with Gasteiger partial charge in [0.25, 0.3) is 20.2 Å². The number of nitrogens with zero attached hydrogens (tertiary/aromatic N) is 4. The Morgan fingerprint density at radius 2 is 1.23 bits per heavy atom. The number of anilines is 1. The number of hydrogen-bond acceptors (Lipinski definition) is 10. The van der Waals surface area contributed by atoms with Crippen LogP contribution >= 0.6 is 23.2 Å². The molecule has 0 aliphatic heterocycles. The van der Waals surface area contributed by atoms with E-state index in [4.69, 9.17) is 28.9 Å². The van der Waals surface area contributed by atoms with E-state index in [-0.39, 0.29) is 85.6 Å². The third-order valence-electron chi connectivity index (χ3n) is 6.06. The van der Waals surface area contributed by atoms with Gasteiger partial charge in [-0.3, -0.25) is 9.11 Å². The Hall–Kier alpha value is -2.18. The fourth-order valence-electron chi connectivity index (χ4n) is 4.17. The molecule has 0 saturated carbocycles. The van der Waals surface area contributed by atoms with Crippen molar-refractivity contribution in [3.8, 4) is 5.75 Å². The van der Waals surface area contributed by atoms with Gasteiger partial charge in [-0.2, -0.15) is 16.8 Å². The molecule has 0 aliphatic carbocycles. The van der Waals surface area contributed by atoms with Gasteiger partial charge in [-0.15, -0.1) is 20.5 Å². The summed E-state index contributed by atoms with van der Waals surface area (Å²) in [5.74, 6) is -0.874. The van der Waals surface area contributed by atoms with Gasteiger partial charge in [-0.1, -0.05) is 59.6 Å². The summed E-state index contributed by atoms with van der Waals surface area (Å²) in [5, 5.41) is 28.2. The van der Waals surface area contributed by atoms with E-state index in [9.17, 15) is 31.0 Å². The number of halogens is 2. The quantitative estimate of drug-likeness (QED) is 0.0621. The van der Waals surface area contributed by atoms with Crippen LogP contribution in [0.2, 0.25) is 10.0 Å². The summed E-state index contributed by atoms with van der Waals surface area (Å²) in [6, 6.07) is 18.1. The topological polar surface area (TPSA) is 204 Å². The van der Waals surface area contributed by atoms with Gasteiger partial charge in [0.05, 0.1) is 21.8 Å². The number of nitrogens with two attached hydrogens (primary N) is 1. The van der Waals surface area contributed by atoms with Crippen molar-refractivity contribution >= 4 is 153 Å². The van der Waals surface area contributed by atoms with Crippen LogP contribution in [0.15, 0.2) is 103 Å². The summed E-state index contributed by atoms with van der Waals surface area (Å²) in [4.78, 5) is -1.78. The van der Waals surface area contributed by atoms with E-state index >= 15 is 0 Å². The van der Waals surface area contributed by atoms with Crippen LogP contribution in [0.1, 0.15) is 0 Å². The first kappa shape index (κ1) is 36.3. The summed E-state index contributed by atoms with van der Waals surface area (Å²) in [7, 11) is -10.1. The maximum Gasteiger partial charge on any atom is 0.296 e. The first-order valence-corrected chi connectivity index (χ1v) is 15.2. The molecule has 5 N–H and O–H groups in total. The number of hydrogen-bond donors (Lipinski definition) is 4. The van der Waals surface area contributed by atoms with E-state index in [0.717, 1.165) is 17.5 Å². The number of azo groups is 2. The first-order valence-electron chi connectivity index (χ1n) is 11.6. The maximum absolute atomic E-state index is 12.3.